The zero-order chi connectivity index (χ0) is 19.1. The van der Waals surface area contributed by atoms with E-state index in [1.54, 1.807) is 30.3 Å². The highest BCUT2D eigenvalue weighted by Crippen LogP contribution is 2.18. The summed E-state index contributed by atoms with van der Waals surface area (Å²) in [6.45, 7) is 3.35. The first-order valence-corrected chi connectivity index (χ1v) is 8.74. The first kappa shape index (κ1) is 18.8. The van der Waals surface area contributed by atoms with Crippen LogP contribution in [0.25, 0.3) is 11.7 Å². The summed E-state index contributed by atoms with van der Waals surface area (Å²) in [5.74, 6) is 0.669. The molecule has 27 heavy (non-hydrogen) atoms. The van der Waals surface area contributed by atoms with Gasteiger partial charge in [-0.05, 0) is 31.2 Å². The van der Waals surface area contributed by atoms with Crippen molar-refractivity contribution in [3.8, 4) is 11.7 Å². The van der Waals surface area contributed by atoms with Crippen molar-refractivity contribution >= 4 is 5.91 Å². The maximum atomic E-state index is 13.6. The second-order valence-corrected chi connectivity index (χ2v) is 6.06. The topological polar surface area (TPSA) is 84.4 Å². The van der Waals surface area contributed by atoms with Gasteiger partial charge in [-0.25, -0.2) is 4.39 Å². The minimum atomic E-state index is -0.334. The van der Waals surface area contributed by atoms with Crippen LogP contribution in [0, 0.1) is 5.82 Å². The number of nitrogens with zero attached hydrogens (tertiary/aromatic N) is 3. The Morgan fingerprint density at radius 3 is 2.81 bits per heavy atom. The Hall–Kier alpha value is -3.00. The van der Waals surface area contributed by atoms with Crippen LogP contribution in [-0.2, 0) is 17.9 Å². The quantitative estimate of drug-likeness (QED) is 0.622. The largest absolute Gasteiger partial charge is 0.459 e. The Balaban J connectivity index is 1.55. The van der Waals surface area contributed by atoms with Gasteiger partial charge in [0, 0.05) is 12.1 Å². The van der Waals surface area contributed by atoms with E-state index in [1.165, 1.54) is 12.3 Å². The fraction of sp³-hybridized carbons (Fsp3) is 0.316. The molecule has 0 atom stereocenters. The Labute approximate surface area is 156 Å². The number of aromatic nitrogens is 2. The van der Waals surface area contributed by atoms with Gasteiger partial charge in [0.15, 0.2) is 5.76 Å². The van der Waals surface area contributed by atoms with Gasteiger partial charge >= 0.3 is 0 Å². The summed E-state index contributed by atoms with van der Waals surface area (Å²) in [6, 6.07) is 9.84. The highest BCUT2D eigenvalue weighted by Gasteiger charge is 2.16. The third kappa shape index (κ3) is 5.24. The van der Waals surface area contributed by atoms with Gasteiger partial charge in [0.25, 0.3) is 5.89 Å². The zero-order valence-corrected chi connectivity index (χ0v) is 15.0. The second-order valence-electron chi connectivity index (χ2n) is 6.06. The number of carbonyl (C=O) groups excluding carboxylic acids is 1. The number of furan rings is 1. The molecule has 7 nitrogen and oxygen atoms in total. The molecule has 1 N–H and O–H groups in total. The van der Waals surface area contributed by atoms with Crippen LogP contribution in [-0.4, -0.2) is 34.1 Å². The molecule has 1 aromatic carbocycles. The van der Waals surface area contributed by atoms with Gasteiger partial charge in [-0.3, -0.25) is 9.69 Å². The molecule has 0 bridgehead atoms. The van der Waals surface area contributed by atoms with Crippen molar-refractivity contribution in [3.63, 3.8) is 0 Å². The molecular weight excluding hydrogens is 351 g/mol. The van der Waals surface area contributed by atoms with Crippen LogP contribution in [0.2, 0.25) is 0 Å². The van der Waals surface area contributed by atoms with E-state index in [4.69, 9.17) is 8.83 Å². The lowest BCUT2D eigenvalue weighted by atomic mass is 10.2. The Kier molecular flexibility index (Phi) is 6.32. The standard InChI is InChI=1S/C19H21FN4O3/c1-2-9-24(12-17(25)21-11-14-6-3-4-7-15(14)20)13-18-22-23-19(27-18)16-8-5-10-26-16/h3-8,10H,2,9,11-13H2,1H3,(H,21,25). The van der Waals surface area contributed by atoms with Gasteiger partial charge < -0.3 is 14.2 Å². The second kappa shape index (κ2) is 9.09. The molecule has 0 fully saturated rings. The normalized spacial score (nSPS) is 11.1. The van der Waals surface area contributed by atoms with Gasteiger partial charge in [-0.15, -0.1) is 10.2 Å². The molecule has 3 rings (SSSR count). The molecule has 0 saturated heterocycles. The lowest BCUT2D eigenvalue weighted by Gasteiger charge is -2.19. The SMILES string of the molecule is CCCN(CC(=O)NCc1ccccc1F)Cc1nnc(-c2ccco2)o1. The van der Waals surface area contributed by atoms with E-state index in [-0.39, 0.29) is 24.8 Å². The highest BCUT2D eigenvalue weighted by molar-refractivity contribution is 5.78. The van der Waals surface area contributed by atoms with E-state index < -0.39 is 0 Å². The van der Waals surface area contributed by atoms with E-state index in [0.29, 0.717) is 36.2 Å². The monoisotopic (exact) mass is 372 g/mol. The summed E-state index contributed by atoms with van der Waals surface area (Å²) >= 11 is 0. The maximum Gasteiger partial charge on any atom is 0.283 e. The van der Waals surface area contributed by atoms with Gasteiger partial charge in [0.05, 0.1) is 19.4 Å². The van der Waals surface area contributed by atoms with E-state index >= 15 is 0 Å². The third-order valence-corrected chi connectivity index (χ3v) is 3.90. The summed E-state index contributed by atoms with van der Waals surface area (Å²) in [7, 11) is 0. The number of halogens is 1. The fourth-order valence-corrected chi connectivity index (χ4v) is 2.63. The van der Waals surface area contributed by atoms with Crippen LogP contribution in [0.5, 0.6) is 0 Å². The molecule has 2 aromatic heterocycles. The molecule has 3 aromatic rings. The molecule has 0 aliphatic rings. The first-order chi connectivity index (χ1) is 13.2. The molecule has 0 aliphatic carbocycles. The number of benzene rings is 1. The summed E-state index contributed by atoms with van der Waals surface area (Å²) in [6.07, 6.45) is 2.39. The highest BCUT2D eigenvalue weighted by atomic mass is 19.1. The number of nitrogens with one attached hydrogen (secondary N) is 1. The van der Waals surface area contributed by atoms with Crippen LogP contribution in [0.3, 0.4) is 0 Å². The van der Waals surface area contributed by atoms with Gasteiger partial charge in [0.1, 0.15) is 5.82 Å². The van der Waals surface area contributed by atoms with Crippen LogP contribution in [0.4, 0.5) is 4.39 Å². The Morgan fingerprint density at radius 2 is 2.07 bits per heavy atom. The number of hydrogen-bond acceptors (Lipinski definition) is 6. The van der Waals surface area contributed by atoms with E-state index in [0.717, 1.165) is 6.42 Å². The maximum absolute atomic E-state index is 13.6. The van der Waals surface area contributed by atoms with Gasteiger partial charge in [-0.1, -0.05) is 25.1 Å². The molecule has 0 unspecified atom stereocenters. The van der Waals surface area contributed by atoms with Crippen molar-refractivity contribution in [1.82, 2.24) is 20.4 Å². The molecule has 0 saturated carbocycles. The first-order valence-electron chi connectivity index (χ1n) is 8.74. The summed E-state index contributed by atoms with van der Waals surface area (Å²) in [5, 5.41) is 10.7. The lowest BCUT2D eigenvalue weighted by Crippen LogP contribution is -2.37. The summed E-state index contributed by atoms with van der Waals surface area (Å²) < 4.78 is 24.5. The van der Waals surface area contributed by atoms with Crippen LogP contribution < -0.4 is 5.32 Å². The van der Waals surface area contributed by atoms with Crippen molar-refractivity contribution in [3.05, 3.63) is 59.9 Å². The predicted molar refractivity (Wildman–Crippen MR) is 95.8 cm³/mol. The van der Waals surface area contributed by atoms with Gasteiger partial charge in [-0.2, -0.15) is 0 Å². The number of hydrogen-bond donors (Lipinski definition) is 1. The molecule has 0 aliphatic heterocycles. The smallest absolute Gasteiger partial charge is 0.283 e. The molecular formula is C19H21FN4O3. The Morgan fingerprint density at radius 1 is 1.22 bits per heavy atom. The summed E-state index contributed by atoms with van der Waals surface area (Å²) in [4.78, 5) is 14.1. The van der Waals surface area contributed by atoms with E-state index in [2.05, 4.69) is 15.5 Å². The minimum Gasteiger partial charge on any atom is -0.459 e. The van der Waals surface area contributed by atoms with E-state index in [9.17, 15) is 9.18 Å². The fourth-order valence-electron chi connectivity index (χ4n) is 2.63. The number of amides is 1. The lowest BCUT2D eigenvalue weighted by molar-refractivity contribution is -0.122. The third-order valence-electron chi connectivity index (χ3n) is 3.90. The average Bonchev–Trinajstić information content (AvgIpc) is 3.33. The van der Waals surface area contributed by atoms with Crippen molar-refractivity contribution < 1.29 is 18.0 Å². The predicted octanol–water partition coefficient (Wildman–Crippen LogP) is 3.00. The van der Waals surface area contributed by atoms with Crippen molar-refractivity contribution in [2.24, 2.45) is 0 Å². The molecule has 2 heterocycles. The molecule has 0 spiro atoms. The molecule has 1 amide bonds. The molecule has 142 valence electrons. The van der Waals surface area contributed by atoms with Crippen molar-refractivity contribution in [2.75, 3.05) is 13.1 Å². The number of rotatable bonds is 9. The van der Waals surface area contributed by atoms with Gasteiger partial charge in [0.2, 0.25) is 11.8 Å². The molecule has 0 radical (unpaired) electrons. The van der Waals surface area contributed by atoms with Crippen LogP contribution >= 0.6 is 0 Å². The van der Waals surface area contributed by atoms with Crippen LogP contribution in [0.1, 0.15) is 24.8 Å². The zero-order valence-electron chi connectivity index (χ0n) is 15.0. The average molecular weight is 372 g/mol. The Bertz CT molecular complexity index is 863. The van der Waals surface area contributed by atoms with Crippen molar-refractivity contribution in [1.29, 1.82) is 0 Å². The number of carbonyl (C=O) groups is 1. The molecule has 8 heteroatoms. The summed E-state index contributed by atoms with van der Waals surface area (Å²) in [5.41, 5.74) is 0.452. The van der Waals surface area contributed by atoms with Crippen LogP contribution in [0.15, 0.2) is 51.5 Å². The minimum absolute atomic E-state index is 0.147. The van der Waals surface area contributed by atoms with Crippen molar-refractivity contribution in [2.45, 2.75) is 26.4 Å². The van der Waals surface area contributed by atoms with E-state index in [1.807, 2.05) is 11.8 Å².